The summed E-state index contributed by atoms with van der Waals surface area (Å²) in [6, 6.07) is 5.22. The molecule has 4 heterocycles. The molecular weight excluding hydrogens is 446 g/mol. The largest absolute Gasteiger partial charge is 0.513 e. The molecule has 0 unspecified atom stereocenters. The van der Waals surface area contributed by atoms with Crippen LogP contribution in [0.25, 0.3) is 11.0 Å². The molecule has 0 aliphatic carbocycles. The molecule has 0 saturated carbocycles. The lowest BCUT2D eigenvalue weighted by Gasteiger charge is -2.35. The van der Waals surface area contributed by atoms with Crippen molar-refractivity contribution in [3.05, 3.63) is 40.6 Å². The van der Waals surface area contributed by atoms with E-state index in [1.165, 1.54) is 18.4 Å². The van der Waals surface area contributed by atoms with E-state index in [4.69, 9.17) is 18.9 Å². The molecule has 0 radical (unpaired) electrons. The number of morpholine rings is 1. The molecule has 1 saturated heterocycles. The number of carbonyl (C=O) groups is 2. The lowest BCUT2D eigenvalue weighted by Crippen LogP contribution is -2.48. The molecule has 174 valence electrons. The van der Waals surface area contributed by atoms with Crippen LogP contribution in [0.1, 0.15) is 34.8 Å². The highest BCUT2D eigenvalue weighted by Crippen LogP contribution is 2.35. The number of ether oxygens (including phenoxy) is 3. The van der Waals surface area contributed by atoms with Crippen LogP contribution in [0, 0.1) is 0 Å². The Morgan fingerprint density at radius 2 is 2.24 bits per heavy atom. The number of benzene rings is 1. The van der Waals surface area contributed by atoms with Gasteiger partial charge in [0, 0.05) is 29.5 Å². The van der Waals surface area contributed by atoms with Gasteiger partial charge in [-0.15, -0.1) is 0 Å². The zero-order valence-electron chi connectivity index (χ0n) is 18.7. The van der Waals surface area contributed by atoms with Crippen LogP contribution in [0.3, 0.4) is 0 Å². The average Bonchev–Trinajstić information content (AvgIpc) is 3.37. The Hall–Kier alpha value is -3.11. The molecule has 1 atom stereocenters. The fraction of sp³-hybridized carbons (Fsp3) is 0.435. The number of nitrogens with zero attached hydrogens (tertiary/aromatic N) is 2. The van der Waals surface area contributed by atoms with Gasteiger partial charge in [-0.2, -0.15) is 0 Å². The first-order chi connectivity index (χ1) is 15.8. The van der Waals surface area contributed by atoms with Crippen molar-refractivity contribution in [3.8, 4) is 5.75 Å². The first-order valence-electron chi connectivity index (χ1n) is 10.8. The van der Waals surface area contributed by atoms with Crippen LogP contribution in [0.2, 0.25) is 0 Å². The fourth-order valence-corrected chi connectivity index (χ4v) is 5.41. The minimum Gasteiger partial charge on any atom is -0.464 e. The van der Waals surface area contributed by atoms with Crippen molar-refractivity contribution in [2.75, 3.05) is 31.8 Å². The van der Waals surface area contributed by atoms with Gasteiger partial charge in [-0.3, -0.25) is 4.79 Å². The summed E-state index contributed by atoms with van der Waals surface area (Å²) < 4.78 is 21.2. The predicted molar refractivity (Wildman–Crippen MR) is 122 cm³/mol. The molecule has 5 rings (SSSR count). The maximum Gasteiger partial charge on any atom is 0.513 e. The van der Waals surface area contributed by atoms with Gasteiger partial charge >= 0.3 is 6.16 Å². The van der Waals surface area contributed by atoms with Gasteiger partial charge in [0.15, 0.2) is 5.13 Å². The number of furan rings is 1. The molecular formula is C23H25N3O6S. The number of methoxy groups -OCH3 is 1. The smallest absolute Gasteiger partial charge is 0.464 e. The van der Waals surface area contributed by atoms with Gasteiger partial charge in [-0.1, -0.05) is 11.3 Å². The van der Waals surface area contributed by atoms with Crippen molar-refractivity contribution in [2.45, 2.75) is 38.3 Å². The Morgan fingerprint density at radius 3 is 3.06 bits per heavy atom. The van der Waals surface area contributed by atoms with E-state index in [1.54, 1.807) is 24.5 Å². The number of anilines is 1. The van der Waals surface area contributed by atoms with Crippen molar-refractivity contribution >= 4 is 39.5 Å². The number of aromatic nitrogens is 1. The van der Waals surface area contributed by atoms with Gasteiger partial charge in [0.05, 0.1) is 38.3 Å². The standard InChI is InChI=1S/C23H25N3O6S/c1-23(2)10-17-19(20(27)25-23)33-21(24-17)26-6-7-30-12-14(26)8-13-11-31-18-5-4-15(9-16(13)18)32-22(28)29-3/h4-5,9,11,14H,6-8,10,12H2,1-3H3,(H,25,27)/t14-/m0/s1. The molecule has 33 heavy (non-hydrogen) atoms. The average molecular weight is 472 g/mol. The molecule has 9 nitrogen and oxygen atoms in total. The van der Waals surface area contributed by atoms with E-state index in [9.17, 15) is 9.59 Å². The molecule has 2 aliphatic rings. The summed E-state index contributed by atoms with van der Waals surface area (Å²) in [6.45, 7) is 5.84. The van der Waals surface area contributed by atoms with Gasteiger partial charge in [0.1, 0.15) is 16.2 Å². The van der Waals surface area contributed by atoms with E-state index in [1.807, 2.05) is 13.8 Å². The second-order valence-electron chi connectivity index (χ2n) is 8.89. The second kappa shape index (κ2) is 8.35. The fourth-order valence-electron chi connectivity index (χ4n) is 4.34. The van der Waals surface area contributed by atoms with Crippen LogP contribution >= 0.6 is 11.3 Å². The SMILES string of the molecule is COC(=O)Oc1ccc2occ(C[C@H]3COCCN3c3nc4c(s3)C(=O)NC(C)(C)C4)c2c1. The molecule has 3 aromatic rings. The first kappa shape index (κ1) is 21.7. The quantitative estimate of drug-likeness (QED) is 0.455. The summed E-state index contributed by atoms with van der Waals surface area (Å²) >= 11 is 1.43. The third-order valence-corrected chi connectivity index (χ3v) is 7.01. The highest BCUT2D eigenvalue weighted by Gasteiger charge is 2.35. The molecule has 0 spiro atoms. The van der Waals surface area contributed by atoms with E-state index in [0.717, 1.165) is 21.8 Å². The number of carbonyl (C=O) groups excluding carboxylic acids is 2. The van der Waals surface area contributed by atoms with E-state index >= 15 is 0 Å². The van der Waals surface area contributed by atoms with Crippen LogP contribution in [0.5, 0.6) is 5.75 Å². The minimum absolute atomic E-state index is 0.0217. The Labute approximate surface area is 194 Å². The van der Waals surface area contributed by atoms with Crippen LogP contribution < -0.4 is 15.0 Å². The Kier molecular flexibility index (Phi) is 5.49. The highest BCUT2D eigenvalue weighted by atomic mass is 32.1. The molecule has 1 fully saturated rings. The van der Waals surface area contributed by atoms with Crippen LogP contribution in [-0.2, 0) is 22.3 Å². The normalized spacial score (nSPS) is 19.8. The summed E-state index contributed by atoms with van der Waals surface area (Å²) in [7, 11) is 1.27. The number of hydrogen-bond acceptors (Lipinski definition) is 9. The number of hydrogen-bond donors (Lipinski definition) is 1. The van der Waals surface area contributed by atoms with Gasteiger partial charge in [-0.05, 0) is 38.5 Å². The van der Waals surface area contributed by atoms with Crippen molar-refractivity contribution in [1.82, 2.24) is 10.3 Å². The third kappa shape index (κ3) is 4.28. The van der Waals surface area contributed by atoms with Crippen molar-refractivity contribution in [3.63, 3.8) is 0 Å². The summed E-state index contributed by atoms with van der Waals surface area (Å²) in [5.74, 6) is 0.323. The summed E-state index contributed by atoms with van der Waals surface area (Å²) in [6.07, 6.45) is 2.31. The molecule has 1 amide bonds. The molecule has 10 heteroatoms. The topological polar surface area (TPSA) is 103 Å². The summed E-state index contributed by atoms with van der Waals surface area (Å²) in [4.78, 5) is 31.8. The van der Waals surface area contributed by atoms with Gasteiger partial charge in [-0.25, -0.2) is 9.78 Å². The third-order valence-electron chi connectivity index (χ3n) is 5.88. The Bertz CT molecular complexity index is 1220. The number of rotatable bonds is 4. The second-order valence-corrected chi connectivity index (χ2v) is 9.87. The molecule has 1 N–H and O–H groups in total. The number of amides is 1. The van der Waals surface area contributed by atoms with E-state index in [0.29, 0.717) is 48.8 Å². The van der Waals surface area contributed by atoms with Gasteiger partial charge in [0.25, 0.3) is 5.91 Å². The maximum absolute atomic E-state index is 12.6. The van der Waals surface area contributed by atoms with Crippen molar-refractivity contribution < 1.29 is 28.2 Å². The van der Waals surface area contributed by atoms with Crippen LogP contribution in [0.4, 0.5) is 9.93 Å². The molecule has 1 aromatic carbocycles. The molecule has 0 bridgehead atoms. The number of thiazole rings is 1. The lowest BCUT2D eigenvalue weighted by atomic mass is 9.94. The lowest BCUT2D eigenvalue weighted by molar-refractivity contribution is 0.0900. The van der Waals surface area contributed by atoms with Gasteiger partial charge < -0.3 is 28.8 Å². The molecule has 2 aliphatic heterocycles. The first-order valence-corrected chi connectivity index (χ1v) is 11.6. The minimum atomic E-state index is -0.772. The van der Waals surface area contributed by atoms with E-state index < -0.39 is 6.16 Å². The Balaban J connectivity index is 1.41. The van der Waals surface area contributed by atoms with Crippen molar-refractivity contribution in [1.29, 1.82) is 0 Å². The Morgan fingerprint density at radius 1 is 1.39 bits per heavy atom. The zero-order valence-corrected chi connectivity index (χ0v) is 19.5. The summed E-state index contributed by atoms with van der Waals surface area (Å²) in [5, 5.41) is 4.75. The maximum atomic E-state index is 12.6. The number of nitrogens with one attached hydrogen (secondary N) is 1. The zero-order chi connectivity index (χ0) is 23.2. The monoisotopic (exact) mass is 471 g/mol. The molecule has 2 aromatic heterocycles. The predicted octanol–water partition coefficient (Wildman–Crippen LogP) is 3.55. The van der Waals surface area contributed by atoms with Gasteiger partial charge in [0.2, 0.25) is 0 Å². The van der Waals surface area contributed by atoms with E-state index in [-0.39, 0.29) is 17.5 Å². The van der Waals surface area contributed by atoms with Crippen LogP contribution in [-0.4, -0.2) is 55.5 Å². The highest BCUT2D eigenvalue weighted by molar-refractivity contribution is 7.17. The van der Waals surface area contributed by atoms with Crippen molar-refractivity contribution in [2.24, 2.45) is 0 Å². The van der Waals surface area contributed by atoms with Crippen LogP contribution in [0.15, 0.2) is 28.9 Å². The number of fused-ring (bicyclic) bond motifs is 2. The van der Waals surface area contributed by atoms with E-state index in [2.05, 4.69) is 15.0 Å². The summed E-state index contributed by atoms with van der Waals surface area (Å²) in [5.41, 5.74) is 2.22.